The number of ether oxygens (including phenoxy) is 1. The van der Waals surface area contributed by atoms with Gasteiger partial charge < -0.3 is 15.0 Å². The lowest BCUT2D eigenvalue weighted by atomic mass is 10.0. The van der Waals surface area contributed by atoms with Gasteiger partial charge in [0.25, 0.3) is 5.91 Å². The summed E-state index contributed by atoms with van der Waals surface area (Å²) in [6.07, 6.45) is 3.43. The Kier molecular flexibility index (Phi) is 5.00. The minimum absolute atomic E-state index is 0.0569. The van der Waals surface area contributed by atoms with Gasteiger partial charge in [0, 0.05) is 50.7 Å². The van der Waals surface area contributed by atoms with E-state index in [-0.39, 0.29) is 5.91 Å². The third-order valence-corrected chi connectivity index (χ3v) is 5.34. The first kappa shape index (κ1) is 18.4. The maximum absolute atomic E-state index is 12.6. The van der Waals surface area contributed by atoms with E-state index >= 15 is 0 Å². The number of pyridine rings is 1. The van der Waals surface area contributed by atoms with Gasteiger partial charge in [-0.05, 0) is 31.2 Å². The summed E-state index contributed by atoms with van der Waals surface area (Å²) in [5.41, 5.74) is 1.17. The number of hydrogen-bond acceptors (Lipinski definition) is 6. The lowest BCUT2D eigenvalue weighted by molar-refractivity contribution is -0.123. The monoisotopic (exact) mass is 379 g/mol. The average Bonchev–Trinajstić information content (AvgIpc) is 3.03. The Morgan fingerprint density at radius 2 is 1.93 bits per heavy atom. The molecule has 2 aromatic rings. The molecule has 1 aromatic carbocycles. The molecule has 7 heteroatoms. The second-order valence-corrected chi connectivity index (χ2v) is 7.37. The maximum Gasteiger partial charge on any atom is 0.254 e. The van der Waals surface area contributed by atoms with E-state index in [2.05, 4.69) is 26.2 Å². The predicted octanol–water partition coefficient (Wildman–Crippen LogP) is 1.55. The summed E-state index contributed by atoms with van der Waals surface area (Å²) in [6.45, 7) is 6.02. The van der Waals surface area contributed by atoms with Crippen molar-refractivity contribution in [3.05, 3.63) is 54.4 Å². The standard InChI is InChI=1S/C21H25N5O2/c1-21(20(27)23-19(24-21)16-6-5-9-22-14-16)15-25-10-12-26(13-11-25)17-7-3-4-8-18(17)28-2/h3-9,14H,10-13,15H2,1-2H3,(H,23,24,27). The first-order chi connectivity index (χ1) is 13.6. The maximum atomic E-state index is 12.6. The number of nitrogens with one attached hydrogen (secondary N) is 1. The van der Waals surface area contributed by atoms with Gasteiger partial charge in [0.05, 0.1) is 12.8 Å². The van der Waals surface area contributed by atoms with Crippen molar-refractivity contribution >= 4 is 17.4 Å². The number of aromatic nitrogens is 1. The molecule has 1 aromatic heterocycles. The summed E-state index contributed by atoms with van der Waals surface area (Å²) in [4.78, 5) is 26.1. The molecule has 1 N–H and O–H groups in total. The van der Waals surface area contributed by atoms with Gasteiger partial charge in [-0.15, -0.1) is 0 Å². The van der Waals surface area contributed by atoms with Crippen molar-refractivity contribution in [2.45, 2.75) is 12.5 Å². The molecule has 28 heavy (non-hydrogen) atoms. The molecule has 2 aliphatic rings. The smallest absolute Gasteiger partial charge is 0.254 e. The van der Waals surface area contributed by atoms with Crippen molar-refractivity contribution in [3.63, 3.8) is 0 Å². The molecule has 146 valence electrons. The first-order valence-electron chi connectivity index (χ1n) is 9.51. The van der Waals surface area contributed by atoms with E-state index in [9.17, 15) is 4.79 Å². The highest BCUT2D eigenvalue weighted by Gasteiger charge is 2.41. The lowest BCUT2D eigenvalue weighted by Crippen LogP contribution is -2.53. The molecule has 0 bridgehead atoms. The van der Waals surface area contributed by atoms with Crippen LogP contribution in [0.1, 0.15) is 12.5 Å². The Labute approximate surface area is 165 Å². The van der Waals surface area contributed by atoms with Crippen LogP contribution >= 0.6 is 0 Å². The molecule has 0 radical (unpaired) electrons. The molecule has 4 rings (SSSR count). The topological polar surface area (TPSA) is 70.1 Å². The van der Waals surface area contributed by atoms with E-state index in [4.69, 9.17) is 9.73 Å². The second-order valence-electron chi connectivity index (χ2n) is 7.37. The molecular weight excluding hydrogens is 354 g/mol. The van der Waals surface area contributed by atoms with Crippen LogP contribution in [0.4, 0.5) is 5.69 Å². The van der Waals surface area contributed by atoms with Crippen molar-refractivity contribution in [2.24, 2.45) is 4.99 Å². The number of amides is 1. The van der Waals surface area contributed by atoms with Gasteiger partial charge >= 0.3 is 0 Å². The summed E-state index contributed by atoms with van der Waals surface area (Å²) in [5.74, 6) is 1.44. The number of benzene rings is 1. The van der Waals surface area contributed by atoms with Crippen LogP contribution in [0.2, 0.25) is 0 Å². The van der Waals surface area contributed by atoms with Gasteiger partial charge in [0.2, 0.25) is 0 Å². The highest BCUT2D eigenvalue weighted by molar-refractivity contribution is 6.15. The number of nitrogens with zero attached hydrogens (tertiary/aromatic N) is 4. The fourth-order valence-corrected chi connectivity index (χ4v) is 3.79. The molecule has 3 heterocycles. The minimum atomic E-state index is -0.780. The van der Waals surface area contributed by atoms with Crippen LogP contribution < -0.4 is 15.0 Å². The van der Waals surface area contributed by atoms with Crippen LogP contribution in [0.5, 0.6) is 5.75 Å². The first-order valence-corrected chi connectivity index (χ1v) is 9.51. The Balaban J connectivity index is 1.42. The van der Waals surface area contributed by atoms with E-state index in [0.717, 1.165) is 43.2 Å². The summed E-state index contributed by atoms with van der Waals surface area (Å²) in [7, 11) is 1.70. The molecule has 0 saturated carbocycles. The Morgan fingerprint density at radius 1 is 1.14 bits per heavy atom. The van der Waals surface area contributed by atoms with Gasteiger partial charge in [-0.25, -0.2) is 4.99 Å². The van der Waals surface area contributed by atoms with Crippen LogP contribution in [-0.4, -0.2) is 67.0 Å². The summed E-state index contributed by atoms with van der Waals surface area (Å²) >= 11 is 0. The number of methoxy groups -OCH3 is 1. The Bertz CT molecular complexity index is 877. The average molecular weight is 379 g/mol. The Morgan fingerprint density at radius 3 is 2.64 bits per heavy atom. The van der Waals surface area contributed by atoms with Crippen molar-refractivity contribution in [3.8, 4) is 5.75 Å². The van der Waals surface area contributed by atoms with Crippen LogP contribution in [0, 0.1) is 0 Å². The zero-order valence-corrected chi connectivity index (χ0v) is 16.3. The molecular formula is C21H25N5O2. The quantitative estimate of drug-likeness (QED) is 0.854. The van der Waals surface area contributed by atoms with Gasteiger partial charge in [-0.1, -0.05) is 12.1 Å². The zero-order valence-electron chi connectivity index (χ0n) is 16.3. The minimum Gasteiger partial charge on any atom is -0.495 e. The number of anilines is 1. The van der Waals surface area contributed by atoms with Gasteiger partial charge in [-0.3, -0.25) is 14.7 Å². The number of amidine groups is 1. The summed E-state index contributed by atoms with van der Waals surface area (Å²) in [5, 5.41) is 2.92. The van der Waals surface area contributed by atoms with Crippen LogP contribution in [0.25, 0.3) is 0 Å². The van der Waals surface area contributed by atoms with Gasteiger partial charge in [0.1, 0.15) is 11.6 Å². The third kappa shape index (κ3) is 3.57. The molecule has 0 spiro atoms. The van der Waals surface area contributed by atoms with Crippen LogP contribution in [-0.2, 0) is 4.79 Å². The molecule has 2 aliphatic heterocycles. The van der Waals surface area contributed by atoms with Crippen molar-refractivity contribution in [1.82, 2.24) is 15.2 Å². The van der Waals surface area contributed by atoms with Crippen molar-refractivity contribution < 1.29 is 9.53 Å². The fraction of sp³-hybridized carbons (Fsp3) is 0.381. The molecule has 7 nitrogen and oxygen atoms in total. The van der Waals surface area contributed by atoms with Crippen LogP contribution in [0.15, 0.2) is 53.8 Å². The van der Waals surface area contributed by atoms with E-state index in [1.165, 1.54) is 0 Å². The number of piperazine rings is 1. The number of rotatable bonds is 5. The molecule has 1 amide bonds. The van der Waals surface area contributed by atoms with E-state index in [1.54, 1.807) is 19.5 Å². The van der Waals surface area contributed by atoms with Crippen molar-refractivity contribution in [1.29, 1.82) is 0 Å². The van der Waals surface area contributed by atoms with Gasteiger partial charge in [-0.2, -0.15) is 0 Å². The SMILES string of the molecule is COc1ccccc1N1CCN(CC2(C)N=C(c3cccnc3)NC2=O)CC1. The molecule has 1 fully saturated rings. The molecule has 1 atom stereocenters. The number of para-hydroxylation sites is 2. The highest BCUT2D eigenvalue weighted by Crippen LogP contribution is 2.29. The fourth-order valence-electron chi connectivity index (χ4n) is 3.79. The van der Waals surface area contributed by atoms with E-state index in [0.29, 0.717) is 12.4 Å². The number of hydrogen-bond donors (Lipinski definition) is 1. The number of carbonyl (C=O) groups is 1. The summed E-state index contributed by atoms with van der Waals surface area (Å²) < 4.78 is 5.49. The molecule has 1 saturated heterocycles. The van der Waals surface area contributed by atoms with Crippen LogP contribution in [0.3, 0.4) is 0 Å². The normalized spacial score (nSPS) is 22.7. The number of aliphatic imine (C=N–C) groups is 1. The van der Waals surface area contributed by atoms with E-state index in [1.807, 2.05) is 37.3 Å². The largest absolute Gasteiger partial charge is 0.495 e. The predicted molar refractivity (Wildman–Crippen MR) is 109 cm³/mol. The van der Waals surface area contributed by atoms with Crippen molar-refractivity contribution in [2.75, 3.05) is 44.7 Å². The van der Waals surface area contributed by atoms with E-state index < -0.39 is 5.54 Å². The van der Waals surface area contributed by atoms with Gasteiger partial charge in [0.15, 0.2) is 5.54 Å². The second kappa shape index (κ2) is 7.59. The molecule has 1 unspecified atom stereocenters. The lowest BCUT2D eigenvalue weighted by Gasteiger charge is -2.38. The summed E-state index contributed by atoms with van der Waals surface area (Å²) in [6, 6.07) is 11.8. The number of carbonyl (C=O) groups excluding carboxylic acids is 1. The highest BCUT2D eigenvalue weighted by atomic mass is 16.5. The third-order valence-electron chi connectivity index (χ3n) is 5.34. The zero-order chi connectivity index (χ0) is 19.6. The molecule has 0 aliphatic carbocycles. The Hall–Kier alpha value is -2.93.